The molecule has 0 aliphatic heterocycles. The minimum Gasteiger partial charge on any atom is -0.315 e. The third kappa shape index (κ3) is 5.68. The van der Waals surface area contributed by atoms with Gasteiger partial charge in [-0.1, -0.05) is 58.9 Å². The van der Waals surface area contributed by atoms with Gasteiger partial charge in [-0.2, -0.15) is 0 Å². The number of nitrogens with one attached hydrogen (secondary N) is 1. The first kappa shape index (κ1) is 15.2. The van der Waals surface area contributed by atoms with E-state index >= 15 is 0 Å². The monoisotopic (exact) mass is 247 g/mol. The molecule has 0 aliphatic rings. The Morgan fingerprint density at radius 3 is 2.11 bits per heavy atom. The Bertz CT molecular complexity index is 335. The van der Waals surface area contributed by atoms with Crippen molar-refractivity contribution in [3.05, 3.63) is 35.4 Å². The third-order valence-electron chi connectivity index (χ3n) is 3.47. The van der Waals surface area contributed by atoms with Gasteiger partial charge in [-0.25, -0.2) is 0 Å². The van der Waals surface area contributed by atoms with E-state index in [0.29, 0.717) is 11.5 Å². The maximum absolute atomic E-state index is 3.51. The van der Waals surface area contributed by atoms with Gasteiger partial charge in [0.2, 0.25) is 0 Å². The van der Waals surface area contributed by atoms with Gasteiger partial charge in [-0.3, -0.25) is 0 Å². The fraction of sp³-hybridized carbons (Fsp3) is 0.647. The van der Waals surface area contributed by atoms with Crippen LogP contribution in [0.5, 0.6) is 0 Å². The van der Waals surface area contributed by atoms with Crippen LogP contribution in [0.25, 0.3) is 0 Å². The van der Waals surface area contributed by atoms with Crippen molar-refractivity contribution in [3.63, 3.8) is 0 Å². The quantitative estimate of drug-likeness (QED) is 0.761. The van der Waals surface area contributed by atoms with Crippen LogP contribution >= 0.6 is 0 Å². The summed E-state index contributed by atoms with van der Waals surface area (Å²) >= 11 is 0. The SMILES string of the molecule is CCc1ccc(CC(C)(C)CCNC(C)C)cc1. The van der Waals surface area contributed by atoms with Crippen molar-refractivity contribution in [1.82, 2.24) is 5.32 Å². The molecule has 0 saturated carbocycles. The molecule has 1 aromatic carbocycles. The highest BCUT2D eigenvalue weighted by Crippen LogP contribution is 2.25. The van der Waals surface area contributed by atoms with Gasteiger partial charge in [-0.05, 0) is 42.3 Å². The molecule has 0 saturated heterocycles. The Morgan fingerprint density at radius 1 is 1.06 bits per heavy atom. The van der Waals surface area contributed by atoms with Crippen LogP contribution < -0.4 is 5.32 Å². The Labute approximate surface area is 113 Å². The Hall–Kier alpha value is -0.820. The van der Waals surface area contributed by atoms with E-state index in [1.54, 1.807) is 0 Å². The highest BCUT2D eigenvalue weighted by molar-refractivity contribution is 5.23. The van der Waals surface area contributed by atoms with E-state index in [4.69, 9.17) is 0 Å². The molecule has 0 amide bonds. The lowest BCUT2D eigenvalue weighted by Gasteiger charge is -2.25. The van der Waals surface area contributed by atoms with Gasteiger partial charge in [-0.15, -0.1) is 0 Å². The molecule has 1 N–H and O–H groups in total. The normalized spacial score (nSPS) is 12.1. The van der Waals surface area contributed by atoms with Gasteiger partial charge in [0.1, 0.15) is 0 Å². The van der Waals surface area contributed by atoms with Crippen LogP contribution in [0.1, 0.15) is 52.2 Å². The lowest BCUT2D eigenvalue weighted by atomic mass is 9.82. The summed E-state index contributed by atoms with van der Waals surface area (Å²) < 4.78 is 0. The topological polar surface area (TPSA) is 12.0 Å². The lowest BCUT2D eigenvalue weighted by molar-refractivity contribution is 0.320. The maximum atomic E-state index is 3.51. The first-order valence-electron chi connectivity index (χ1n) is 7.24. The fourth-order valence-corrected chi connectivity index (χ4v) is 2.23. The summed E-state index contributed by atoms with van der Waals surface area (Å²) in [6.07, 6.45) is 3.51. The van der Waals surface area contributed by atoms with E-state index in [-0.39, 0.29) is 0 Å². The van der Waals surface area contributed by atoms with Crippen LogP contribution in [0.2, 0.25) is 0 Å². The summed E-state index contributed by atoms with van der Waals surface area (Å²) in [6, 6.07) is 9.69. The molecule has 18 heavy (non-hydrogen) atoms. The van der Waals surface area contributed by atoms with Gasteiger partial charge < -0.3 is 5.32 Å². The van der Waals surface area contributed by atoms with Crippen LogP contribution in [0.3, 0.4) is 0 Å². The Kier molecular flexibility index (Phi) is 5.87. The van der Waals surface area contributed by atoms with E-state index in [2.05, 4.69) is 64.2 Å². The molecule has 1 nitrogen and oxygen atoms in total. The van der Waals surface area contributed by atoms with Gasteiger partial charge in [0.15, 0.2) is 0 Å². The van der Waals surface area contributed by atoms with Crippen LogP contribution in [0, 0.1) is 5.41 Å². The zero-order valence-electron chi connectivity index (χ0n) is 12.7. The summed E-state index contributed by atoms with van der Waals surface area (Å²) in [7, 11) is 0. The van der Waals surface area contributed by atoms with E-state index in [1.807, 2.05) is 0 Å². The molecule has 0 heterocycles. The molecular weight excluding hydrogens is 218 g/mol. The summed E-state index contributed by atoms with van der Waals surface area (Å²) in [5, 5.41) is 3.51. The van der Waals surface area contributed by atoms with Crippen molar-refractivity contribution in [2.24, 2.45) is 5.41 Å². The fourth-order valence-electron chi connectivity index (χ4n) is 2.23. The van der Waals surface area contributed by atoms with E-state index in [1.165, 1.54) is 17.5 Å². The molecule has 1 rings (SSSR count). The second kappa shape index (κ2) is 6.94. The molecule has 0 radical (unpaired) electrons. The first-order chi connectivity index (χ1) is 8.43. The number of benzene rings is 1. The molecule has 0 bridgehead atoms. The number of aryl methyl sites for hydroxylation is 1. The van der Waals surface area contributed by atoms with E-state index < -0.39 is 0 Å². The zero-order valence-corrected chi connectivity index (χ0v) is 12.7. The highest BCUT2D eigenvalue weighted by atomic mass is 14.9. The first-order valence-corrected chi connectivity index (χ1v) is 7.24. The second-order valence-electron chi connectivity index (χ2n) is 6.37. The van der Waals surface area contributed by atoms with Gasteiger partial charge in [0, 0.05) is 6.04 Å². The minimum atomic E-state index is 0.371. The lowest BCUT2D eigenvalue weighted by Crippen LogP contribution is -2.28. The average molecular weight is 247 g/mol. The molecule has 0 aromatic heterocycles. The van der Waals surface area contributed by atoms with Crippen molar-refractivity contribution in [2.45, 2.75) is 59.9 Å². The summed E-state index contributed by atoms with van der Waals surface area (Å²) in [6.45, 7) is 12.5. The standard InChI is InChI=1S/C17H29N/c1-6-15-7-9-16(10-8-15)13-17(4,5)11-12-18-14(2)3/h7-10,14,18H,6,11-13H2,1-5H3. The Morgan fingerprint density at radius 2 is 1.61 bits per heavy atom. The molecule has 1 aromatic rings. The largest absolute Gasteiger partial charge is 0.315 e. The molecule has 0 atom stereocenters. The number of hydrogen-bond donors (Lipinski definition) is 1. The van der Waals surface area contributed by atoms with Gasteiger partial charge in [0.05, 0.1) is 0 Å². The minimum absolute atomic E-state index is 0.371. The van der Waals surface area contributed by atoms with Crippen molar-refractivity contribution >= 4 is 0 Å². The van der Waals surface area contributed by atoms with Crippen molar-refractivity contribution in [2.75, 3.05) is 6.54 Å². The zero-order chi connectivity index (χ0) is 13.6. The molecule has 0 aliphatic carbocycles. The van der Waals surface area contributed by atoms with E-state index in [9.17, 15) is 0 Å². The maximum Gasteiger partial charge on any atom is 0.00103 e. The van der Waals surface area contributed by atoms with Crippen molar-refractivity contribution in [1.29, 1.82) is 0 Å². The number of rotatable bonds is 7. The van der Waals surface area contributed by atoms with Crippen LogP contribution in [-0.4, -0.2) is 12.6 Å². The van der Waals surface area contributed by atoms with Crippen molar-refractivity contribution < 1.29 is 0 Å². The molecule has 102 valence electrons. The molecule has 0 unspecified atom stereocenters. The van der Waals surface area contributed by atoms with Crippen LogP contribution in [-0.2, 0) is 12.8 Å². The number of hydrogen-bond acceptors (Lipinski definition) is 1. The molecule has 1 heteroatoms. The van der Waals surface area contributed by atoms with Crippen molar-refractivity contribution in [3.8, 4) is 0 Å². The summed E-state index contributed by atoms with van der Waals surface area (Å²) in [5.74, 6) is 0. The third-order valence-corrected chi connectivity index (χ3v) is 3.47. The average Bonchev–Trinajstić information content (AvgIpc) is 2.28. The Balaban J connectivity index is 2.47. The smallest absolute Gasteiger partial charge is 0.00103 e. The van der Waals surface area contributed by atoms with Crippen LogP contribution in [0.4, 0.5) is 0 Å². The van der Waals surface area contributed by atoms with Gasteiger partial charge in [0.25, 0.3) is 0 Å². The molecule has 0 spiro atoms. The highest BCUT2D eigenvalue weighted by Gasteiger charge is 2.18. The second-order valence-corrected chi connectivity index (χ2v) is 6.37. The van der Waals surface area contributed by atoms with Crippen LogP contribution in [0.15, 0.2) is 24.3 Å². The molecule has 0 fully saturated rings. The predicted molar refractivity (Wildman–Crippen MR) is 81.1 cm³/mol. The molecular formula is C17H29N. The van der Waals surface area contributed by atoms with E-state index in [0.717, 1.165) is 19.4 Å². The predicted octanol–water partition coefficient (Wildman–Crippen LogP) is 4.21. The summed E-state index contributed by atoms with van der Waals surface area (Å²) in [5.41, 5.74) is 3.26. The summed E-state index contributed by atoms with van der Waals surface area (Å²) in [4.78, 5) is 0. The van der Waals surface area contributed by atoms with Gasteiger partial charge >= 0.3 is 0 Å².